The van der Waals surface area contributed by atoms with Gasteiger partial charge >= 0.3 is 6.09 Å². The number of imide groups is 1. The molecule has 0 spiro atoms. The van der Waals surface area contributed by atoms with E-state index in [4.69, 9.17) is 4.74 Å². The first kappa shape index (κ1) is 22.2. The number of hydrogen-bond donors (Lipinski definition) is 2. The summed E-state index contributed by atoms with van der Waals surface area (Å²) in [5.41, 5.74) is 1.28. The molecule has 1 aromatic carbocycles. The van der Waals surface area contributed by atoms with Crippen molar-refractivity contribution in [3.8, 4) is 5.75 Å². The van der Waals surface area contributed by atoms with Crippen LogP contribution in [0.1, 0.15) is 34.1 Å². The van der Waals surface area contributed by atoms with E-state index in [0.717, 1.165) is 40.3 Å². The van der Waals surface area contributed by atoms with Crippen molar-refractivity contribution in [3.05, 3.63) is 40.3 Å². The van der Waals surface area contributed by atoms with E-state index < -0.39 is 12.0 Å². The number of benzene rings is 1. The van der Waals surface area contributed by atoms with E-state index in [9.17, 15) is 14.4 Å². The van der Waals surface area contributed by atoms with Gasteiger partial charge in [0, 0.05) is 9.77 Å². The Morgan fingerprint density at radius 1 is 1.20 bits per heavy atom. The highest BCUT2D eigenvalue weighted by atomic mass is 32.2. The predicted octanol–water partition coefficient (Wildman–Crippen LogP) is 4.11. The minimum atomic E-state index is -0.823. The number of nitrogens with one attached hydrogen (secondary N) is 2. The second-order valence-corrected chi connectivity index (χ2v) is 9.17. The Balaban J connectivity index is 1.74. The van der Waals surface area contributed by atoms with Crippen molar-refractivity contribution in [1.82, 2.24) is 5.32 Å². The van der Waals surface area contributed by atoms with Crippen molar-refractivity contribution >= 4 is 46.0 Å². The number of carbonyl (C=O) groups excluding carboxylic acids is 3. The Morgan fingerprint density at radius 3 is 2.60 bits per heavy atom. The number of hydrogen-bond acceptors (Lipinski definition) is 7. The van der Waals surface area contributed by atoms with Gasteiger partial charge < -0.3 is 14.8 Å². The molecule has 0 saturated carbocycles. The number of rotatable bonds is 6. The van der Waals surface area contributed by atoms with Crippen LogP contribution in [0, 0.1) is 5.92 Å². The molecule has 3 amide bonds. The maximum atomic E-state index is 12.7. The van der Waals surface area contributed by atoms with E-state index in [0.29, 0.717) is 16.5 Å². The number of carbonyl (C=O) groups is 3. The summed E-state index contributed by atoms with van der Waals surface area (Å²) in [6.45, 7) is 2.17. The van der Waals surface area contributed by atoms with E-state index in [1.54, 1.807) is 7.11 Å². The summed E-state index contributed by atoms with van der Waals surface area (Å²) in [6.07, 6.45) is 1.74. The fourth-order valence-electron chi connectivity index (χ4n) is 3.27. The molecular formula is C21H24N2O5S2. The van der Waals surface area contributed by atoms with Crippen LogP contribution in [0.15, 0.2) is 29.2 Å². The maximum absolute atomic E-state index is 12.7. The largest absolute Gasteiger partial charge is 0.497 e. The van der Waals surface area contributed by atoms with Crippen LogP contribution in [0.5, 0.6) is 5.75 Å². The summed E-state index contributed by atoms with van der Waals surface area (Å²) < 4.78 is 9.67. The first-order valence-electron chi connectivity index (χ1n) is 9.51. The standard InChI is InChI=1S/C21H24N2O5S2/c1-12-4-9-15-16(10-12)30-20(18(15)19(25)23-21(26)28-3)22-17(24)11-29-14-7-5-13(27-2)6-8-14/h5-8,12H,4,9-11H2,1-3H3,(H,22,24)(H,23,25,26). The maximum Gasteiger partial charge on any atom is 0.413 e. The van der Waals surface area contributed by atoms with Gasteiger partial charge in [-0.1, -0.05) is 6.92 Å². The molecule has 0 fully saturated rings. The van der Waals surface area contributed by atoms with Gasteiger partial charge in [0.25, 0.3) is 5.91 Å². The van der Waals surface area contributed by atoms with Crippen molar-refractivity contribution in [2.75, 3.05) is 25.3 Å². The van der Waals surface area contributed by atoms with Crippen molar-refractivity contribution in [2.24, 2.45) is 5.92 Å². The Kier molecular flexibility index (Phi) is 7.38. The normalized spacial score (nSPS) is 15.1. The predicted molar refractivity (Wildman–Crippen MR) is 118 cm³/mol. The van der Waals surface area contributed by atoms with Gasteiger partial charge in [-0.15, -0.1) is 23.1 Å². The molecule has 0 aliphatic heterocycles. The number of fused-ring (bicyclic) bond motifs is 1. The molecule has 0 bridgehead atoms. The van der Waals surface area contributed by atoms with Crippen LogP contribution < -0.4 is 15.4 Å². The fraction of sp³-hybridized carbons (Fsp3) is 0.381. The van der Waals surface area contributed by atoms with Gasteiger partial charge in [-0.05, 0) is 55.0 Å². The topological polar surface area (TPSA) is 93.7 Å². The van der Waals surface area contributed by atoms with Gasteiger partial charge in [-0.2, -0.15) is 0 Å². The van der Waals surface area contributed by atoms with Crippen molar-refractivity contribution < 1.29 is 23.9 Å². The third-order valence-corrected chi connectivity index (χ3v) is 7.00. The molecule has 2 N–H and O–H groups in total. The lowest BCUT2D eigenvalue weighted by molar-refractivity contribution is -0.113. The summed E-state index contributed by atoms with van der Waals surface area (Å²) in [6, 6.07) is 7.45. The number of alkyl carbamates (subject to hydrolysis) is 1. The van der Waals surface area contributed by atoms with Gasteiger partial charge in [0.1, 0.15) is 10.8 Å². The Bertz CT molecular complexity index is 940. The zero-order valence-electron chi connectivity index (χ0n) is 17.1. The average Bonchev–Trinajstić information content (AvgIpc) is 3.09. The molecule has 1 unspecified atom stereocenters. The minimum Gasteiger partial charge on any atom is -0.497 e. The quantitative estimate of drug-likeness (QED) is 0.646. The van der Waals surface area contributed by atoms with Crippen molar-refractivity contribution in [1.29, 1.82) is 0 Å². The smallest absolute Gasteiger partial charge is 0.413 e. The van der Waals surface area contributed by atoms with Gasteiger partial charge in [0.15, 0.2) is 0 Å². The molecule has 7 nitrogen and oxygen atoms in total. The summed E-state index contributed by atoms with van der Waals surface area (Å²) in [5.74, 6) is 0.704. The van der Waals surface area contributed by atoms with Crippen molar-refractivity contribution in [2.45, 2.75) is 31.1 Å². The molecule has 160 valence electrons. The molecule has 9 heteroatoms. The van der Waals surface area contributed by atoms with E-state index in [1.165, 1.54) is 30.2 Å². The zero-order valence-corrected chi connectivity index (χ0v) is 18.7. The Hall–Kier alpha value is -2.52. The minimum absolute atomic E-state index is 0.198. The number of methoxy groups -OCH3 is 2. The molecular weight excluding hydrogens is 424 g/mol. The van der Waals surface area contributed by atoms with Gasteiger partial charge in [0.2, 0.25) is 5.91 Å². The second-order valence-electron chi connectivity index (χ2n) is 7.01. The van der Waals surface area contributed by atoms with Crippen LogP contribution >= 0.6 is 23.1 Å². The van der Waals surface area contributed by atoms with E-state index >= 15 is 0 Å². The summed E-state index contributed by atoms with van der Waals surface area (Å²) in [7, 11) is 2.80. The zero-order chi connectivity index (χ0) is 21.7. The van der Waals surface area contributed by atoms with Crippen LogP contribution in [0.4, 0.5) is 9.80 Å². The fourth-order valence-corrected chi connectivity index (χ4v) is 5.39. The highest BCUT2D eigenvalue weighted by Crippen LogP contribution is 2.39. The highest BCUT2D eigenvalue weighted by molar-refractivity contribution is 8.00. The molecule has 0 radical (unpaired) electrons. The molecule has 1 heterocycles. The summed E-state index contributed by atoms with van der Waals surface area (Å²) in [4.78, 5) is 38.8. The lowest BCUT2D eigenvalue weighted by Gasteiger charge is -2.18. The van der Waals surface area contributed by atoms with Crippen LogP contribution in [0.2, 0.25) is 0 Å². The summed E-state index contributed by atoms with van der Waals surface area (Å²) >= 11 is 2.81. The highest BCUT2D eigenvalue weighted by Gasteiger charge is 2.29. The first-order chi connectivity index (χ1) is 14.4. The number of ether oxygens (including phenoxy) is 2. The number of thiophene rings is 1. The Labute approximate surface area is 183 Å². The second kappa shape index (κ2) is 9.99. The SMILES string of the molecule is COC(=O)NC(=O)c1c(NC(=O)CSc2ccc(OC)cc2)sc2c1CCC(C)C2. The molecule has 30 heavy (non-hydrogen) atoms. The van der Waals surface area contributed by atoms with Crippen LogP contribution in [0.3, 0.4) is 0 Å². The molecule has 1 aromatic heterocycles. The van der Waals surface area contributed by atoms with E-state index in [2.05, 4.69) is 22.3 Å². The number of anilines is 1. The van der Waals surface area contributed by atoms with Crippen LogP contribution in [0.25, 0.3) is 0 Å². The van der Waals surface area contributed by atoms with Gasteiger partial charge in [-0.3, -0.25) is 14.9 Å². The Morgan fingerprint density at radius 2 is 1.93 bits per heavy atom. The van der Waals surface area contributed by atoms with Crippen LogP contribution in [-0.4, -0.2) is 37.9 Å². The van der Waals surface area contributed by atoms with Gasteiger partial charge in [0.05, 0.1) is 25.5 Å². The monoisotopic (exact) mass is 448 g/mol. The van der Waals surface area contributed by atoms with Crippen LogP contribution in [-0.2, 0) is 22.4 Å². The third-order valence-electron chi connectivity index (χ3n) is 4.82. The number of thioether (sulfide) groups is 1. The van der Waals surface area contributed by atoms with E-state index in [1.807, 2.05) is 24.3 Å². The summed E-state index contributed by atoms with van der Waals surface area (Å²) in [5, 5.41) is 5.56. The number of amides is 3. The molecule has 1 atom stereocenters. The van der Waals surface area contributed by atoms with Crippen molar-refractivity contribution in [3.63, 3.8) is 0 Å². The lowest BCUT2D eigenvalue weighted by atomic mass is 9.88. The molecule has 3 rings (SSSR count). The molecule has 2 aromatic rings. The van der Waals surface area contributed by atoms with Gasteiger partial charge in [-0.25, -0.2) is 4.79 Å². The van der Waals surface area contributed by atoms with E-state index in [-0.39, 0.29) is 11.7 Å². The average molecular weight is 449 g/mol. The molecule has 0 saturated heterocycles. The molecule has 1 aliphatic carbocycles. The first-order valence-corrected chi connectivity index (χ1v) is 11.3. The molecule has 1 aliphatic rings. The third kappa shape index (κ3) is 5.34. The lowest BCUT2D eigenvalue weighted by Crippen LogP contribution is -2.31.